The Morgan fingerprint density at radius 3 is 2.56 bits per heavy atom. The fourth-order valence-electron chi connectivity index (χ4n) is 1.81. The van der Waals surface area contributed by atoms with E-state index in [1.165, 1.54) is 26.4 Å². The second-order valence-corrected chi connectivity index (χ2v) is 5.60. The molecule has 0 spiro atoms. The van der Waals surface area contributed by atoms with Gasteiger partial charge < -0.3 is 19.5 Å². The van der Waals surface area contributed by atoms with Gasteiger partial charge in [0.15, 0.2) is 18.1 Å². The summed E-state index contributed by atoms with van der Waals surface area (Å²) in [6.45, 7) is 3.25. The van der Waals surface area contributed by atoms with Gasteiger partial charge in [-0.2, -0.15) is 5.26 Å². The molecule has 7 nitrogen and oxygen atoms in total. The minimum Gasteiger partial charge on any atom is -0.493 e. The van der Waals surface area contributed by atoms with Crippen molar-refractivity contribution in [3.63, 3.8) is 0 Å². The monoisotopic (exact) mass is 366 g/mol. The largest absolute Gasteiger partial charge is 0.493 e. The molecule has 1 amide bonds. The fraction of sp³-hybridized carbons (Fsp3) is 0.353. The van der Waals surface area contributed by atoms with E-state index in [-0.39, 0.29) is 34.7 Å². The van der Waals surface area contributed by atoms with Crippen LogP contribution in [0.25, 0.3) is 6.08 Å². The maximum Gasteiger partial charge on any atom is 0.343 e. The number of benzene rings is 1. The molecule has 0 saturated heterocycles. The highest BCUT2D eigenvalue weighted by Crippen LogP contribution is 2.37. The van der Waals surface area contributed by atoms with Gasteiger partial charge in [-0.15, -0.1) is 0 Å². The molecule has 0 atom stereocenters. The molecule has 0 bridgehead atoms. The third-order valence-corrected chi connectivity index (χ3v) is 3.19. The SMILES string of the molecule is COC(=O)COc1c(Cl)cc(/C=C(/C#N)C(=O)NC(C)C)cc1OC. The van der Waals surface area contributed by atoms with E-state index >= 15 is 0 Å². The lowest BCUT2D eigenvalue weighted by molar-refractivity contribution is -0.142. The first-order valence-corrected chi connectivity index (χ1v) is 7.70. The molecule has 0 unspecified atom stereocenters. The molecule has 1 aromatic carbocycles. The van der Waals surface area contributed by atoms with Gasteiger partial charge in [-0.05, 0) is 37.6 Å². The Morgan fingerprint density at radius 1 is 1.36 bits per heavy atom. The fourth-order valence-corrected chi connectivity index (χ4v) is 2.08. The Balaban J connectivity index is 3.16. The maximum absolute atomic E-state index is 12.0. The number of nitrogens with one attached hydrogen (secondary N) is 1. The van der Waals surface area contributed by atoms with E-state index in [0.717, 1.165) is 0 Å². The molecular weight excluding hydrogens is 348 g/mol. The standard InChI is InChI=1S/C17H19ClN2O5/c1-10(2)20-17(22)12(8-19)5-11-6-13(18)16(14(7-11)23-3)25-9-15(21)24-4/h5-7,10H,9H2,1-4H3,(H,20,22)/b12-5-. The van der Waals surface area contributed by atoms with Crippen molar-refractivity contribution in [2.45, 2.75) is 19.9 Å². The number of hydrogen-bond donors (Lipinski definition) is 1. The topological polar surface area (TPSA) is 97.7 Å². The molecular formula is C17H19ClN2O5. The first-order chi connectivity index (χ1) is 11.8. The molecule has 0 aliphatic rings. The Morgan fingerprint density at radius 2 is 2.04 bits per heavy atom. The highest BCUT2D eigenvalue weighted by atomic mass is 35.5. The van der Waals surface area contributed by atoms with Crippen LogP contribution in [0.15, 0.2) is 17.7 Å². The number of carbonyl (C=O) groups excluding carboxylic acids is 2. The van der Waals surface area contributed by atoms with Crippen molar-refractivity contribution >= 4 is 29.6 Å². The van der Waals surface area contributed by atoms with Crippen LogP contribution in [0.4, 0.5) is 0 Å². The summed E-state index contributed by atoms with van der Waals surface area (Å²) in [4.78, 5) is 23.2. The molecule has 0 aliphatic carbocycles. The number of methoxy groups -OCH3 is 2. The van der Waals surface area contributed by atoms with Crippen molar-refractivity contribution in [2.24, 2.45) is 0 Å². The van der Waals surface area contributed by atoms with Crippen LogP contribution in [0.1, 0.15) is 19.4 Å². The zero-order chi connectivity index (χ0) is 19.0. The molecule has 0 saturated carbocycles. The quantitative estimate of drug-likeness (QED) is 0.452. The Hall–Kier alpha value is -2.72. The average molecular weight is 367 g/mol. The van der Waals surface area contributed by atoms with E-state index in [0.29, 0.717) is 5.56 Å². The number of rotatable bonds is 7. The summed E-state index contributed by atoms with van der Waals surface area (Å²) < 4.78 is 15.0. The van der Waals surface area contributed by atoms with Gasteiger partial charge >= 0.3 is 5.97 Å². The van der Waals surface area contributed by atoms with Crippen molar-refractivity contribution in [2.75, 3.05) is 20.8 Å². The third-order valence-electron chi connectivity index (χ3n) is 2.91. The zero-order valence-electron chi connectivity index (χ0n) is 14.4. The number of nitriles is 1. The van der Waals surface area contributed by atoms with Gasteiger partial charge in [0.25, 0.3) is 5.91 Å². The number of ether oxygens (including phenoxy) is 3. The summed E-state index contributed by atoms with van der Waals surface area (Å²) >= 11 is 6.16. The summed E-state index contributed by atoms with van der Waals surface area (Å²) in [6, 6.07) is 4.78. The molecule has 134 valence electrons. The van der Waals surface area contributed by atoms with Crippen LogP contribution in [0.2, 0.25) is 5.02 Å². The van der Waals surface area contributed by atoms with Crippen LogP contribution in [-0.4, -0.2) is 38.7 Å². The summed E-state index contributed by atoms with van der Waals surface area (Å²) in [5.74, 6) is -0.640. The van der Waals surface area contributed by atoms with Crippen LogP contribution >= 0.6 is 11.6 Å². The Bertz CT molecular complexity index is 722. The summed E-state index contributed by atoms with van der Waals surface area (Å²) in [7, 11) is 2.64. The van der Waals surface area contributed by atoms with Crippen molar-refractivity contribution in [3.8, 4) is 17.6 Å². The molecule has 0 fully saturated rings. The lowest BCUT2D eigenvalue weighted by Crippen LogP contribution is -2.30. The lowest BCUT2D eigenvalue weighted by Gasteiger charge is -2.13. The van der Waals surface area contributed by atoms with Crippen LogP contribution in [0.3, 0.4) is 0 Å². The van der Waals surface area contributed by atoms with Crippen molar-refractivity contribution < 1.29 is 23.8 Å². The van der Waals surface area contributed by atoms with E-state index in [9.17, 15) is 14.9 Å². The summed E-state index contributed by atoms with van der Waals surface area (Å²) in [6.07, 6.45) is 1.39. The number of esters is 1. The molecule has 25 heavy (non-hydrogen) atoms. The number of nitrogens with zero attached hydrogens (tertiary/aromatic N) is 1. The van der Waals surface area contributed by atoms with Crippen molar-refractivity contribution in [3.05, 3.63) is 28.3 Å². The first kappa shape index (κ1) is 20.3. The number of halogens is 1. The van der Waals surface area contributed by atoms with Crippen LogP contribution in [-0.2, 0) is 14.3 Å². The normalized spacial score (nSPS) is 10.8. The predicted molar refractivity (Wildman–Crippen MR) is 92.4 cm³/mol. The van der Waals surface area contributed by atoms with E-state index in [1.807, 2.05) is 6.07 Å². The van der Waals surface area contributed by atoms with E-state index in [4.69, 9.17) is 21.1 Å². The molecule has 1 rings (SSSR count). The summed E-state index contributed by atoms with van der Waals surface area (Å²) in [5.41, 5.74) is 0.401. The zero-order valence-corrected chi connectivity index (χ0v) is 15.1. The van der Waals surface area contributed by atoms with Crippen LogP contribution in [0.5, 0.6) is 11.5 Å². The number of hydrogen-bond acceptors (Lipinski definition) is 6. The lowest BCUT2D eigenvalue weighted by atomic mass is 10.1. The third kappa shape index (κ3) is 6.01. The smallest absolute Gasteiger partial charge is 0.343 e. The molecule has 8 heteroatoms. The molecule has 0 aromatic heterocycles. The minimum absolute atomic E-state index is 0.0740. The highest BCUT2D eigenvalue weighted by molar-refractivity contribution is 6.32. The molecule has 0 radical (unpaired) electrons. The minimum atomic E-state index is -0.570. The van der Waals surface area contributed by atoms with Crippen molar-refractivity contribution in [1.29, 1.82) is 5.26 Å². The van der Waals surface area contributed by atoms with Crippen molar-refractivity contribution in [1.82, 2.24) is 5.32 Å². The van der Waals surface area contributed by atoms with Gasteiger partial charge in [-0.1, -0.05) is 11.6 Å². The van der Waals surface area contributed by atoms with Gasteiger partial charge in [-0.3, -0.25) is 4.79 Å². The predicted octanol–water partition coefficient (Wildman–Crippen LogP) is 2.33. The first-order valence-electron chi connectivity index (χ1n) is 7.32. The van der Waals surface area contributed by atoms with Crippen LogP contribution in [0, 0.1) is 11.3 Å². The number of carbonyl (C=O) groups is 2. The molecule has 1 aromatic rings. The van der Waals surface area contributed by atoms with Gasteiger partial charge in [0.2, 0.25) is 0 Å². The maximum atomic E-state index is 12.0. The Kier molecular flexibility index (Phi) is 7.76. The molecule has 1 N–H and O–H groups in total. The second kappa shape index (κ2) is 9.55. The average Bonchev–Trinajstić information content (AvgIpc) is 2.56. The number of amides is 1. The Labute approximate surface area is 151 Å². The second-order valence-electron chi connectivity index (χ2n) is 5.20. The van der Waals surface area contributed by atoms with Crippen LogP contribution < -0.4 is 14.8 Å². The van der Waals surface area contributed by atoms with Gasteiger partial charge in [0.1, 0.15) is 11.6 Å². The van der Waals surface area contributed by atoms with Gasteiger partial charge in [-0.25, -0.2) is 4.79 Å². The van der Waals surface area contributed by atoms with Gasteiger partial charge in [0, 0.05) is 6.04 Å². The molecule has 0 heterocycles. The van der Waals surface area contributed by atoms with E-state index in [1.54, 1.807) is 19.9 Å². The summed E-state index contributed by atoms with van der Waals surface area (Å²) in [5, 5.41) is 12.0. The van der Waals surface area contributed by atoms with E-state index in [2.05, 4.69) is 10.1 Å². The molecule has 0 aliphatic heterocycles. The van der Waals surface area contributed by atoms with E-state index < -0.39 is 11.9 Å². The van der Waals surface area contributed by atoms with Gasteiger partial charge in [0.05, 0.1) is 19.2 Å². The highest BCUT2D eigenvalue weighted by Gasteiger charge is 2.15.